The molecule has 0 spiro atoms. The Labute approximate surface area is 156 Å². The third kappa shape index (κ3) is 5.03. The number of benzene rings is 3. The molecule has 0 unspecified atom stereocenters. The van der Waals surface area contributed by atoms with Gasteiger partial charge in [0.15, 0.2) is 0 Å². The van der Waals surface area contributed by atoms with Crippen LogP contribution in [0.1, 0.15) is 22.3 Å². The first-order valence-corrected chi connectivity index (χ1v) is 8.49. The van der Waals surface area contributed by atoms with Crippen LogP contribution >= 0.6 is 0 Å². The highest BCUT2D eigenvalue weighted by Gasteiger charge is 2.32. The zero-order valence-electron chi connectivity index (χ0n) is 14.8. The second-order valence-electron chi connectivity index (χ2n) is 6.12. The summed E-state index contributed by atoms with van der Waals surface area (Å²) in [6.07, 6.45) is -4.43. The summed E-state index contributed by atoms with van der Waals surface area (Å²) in [6, 6.07) is 20.3. The Kier molecular flexibility index (Phi) is 5.69. The van der Waals surface area contributed by atoms with E-state index in [2.05, 4.69) is 0 Å². The summed E-state index contributed by atoms with van der Waals surface area (Å²) in [5.74, 6) is 1.22. The molecule has 27 heavy (non-hydrogen) atoms. The molecule has 2 nitrogen and oxygen atoms in total. The van der Waals surface area contributed by atoms with Crippen molar-refractivity contribution in [3.05, 3.63) is 95.1 Å². The molecular formula is C22H19F3O2. The predicted molar refractivity (Wildman–Crippen MR) is 97.7 cm³/mol. The van der Waals surface area contributed by atoms with Crippen LogP contribution < -0.4 is 9.47 Å². The van der Waals surface area contributed by atoms with Crippen LogP contribution in [0, 0.1) is 6.92 Å². The molecule has 0 saturated carbocycles. The van der Waals surface area contributed by atoms with Crippen LogP contribution in [0.4, 0.5) is 13.2 Å². The summed E-state index contributed by atoms with van der Waals surface area (Å²) in [6.45, 7) is 1.89. The highest BCUT2D eigenvalue weighted by Crippen LogP contribution is 2.33. The minimum Gasteiger partial charge on any atom is -0.489 e. The van der Waals surface area contributed by atoms with Gasteiger partial charge in [-0.05, 0) is 60.0 Å². The summed E-state index contributed by atoms with van der Waals surface area (Å²) >= 11 is 0. The average Bonchev–Trinajstić information content (AvgIpc) is 2.67. The zero-order valence-corrected chi connectivity index (χ0v) is 14.8. The van der Waals surface area contributed by atoms with Crippen molar-refractivity contribution in [1.29, 1.82) is 0 Å². The summed E-state index contributed by atoms with van der Waals surface area (Å²) in [4.78, 5) is 0. The molecule has 0 fully saturated rings. The zero-order chi connectivity index (χ0) is 19.3. The number of ether oxygens (including phenoxy) is 2. The Balaban J connectivity index is 1.85. The molecule has 0 aromatic heterocycles. The lowest BCUT2D eigenvalue weighted by molar-refractivity contribution is -0.137. The molecule has 140 valence electrons. The molecule has 0 amide bonds. The second-order valence-corrected chi connectivity index (χ2v) is 6.12. The fraction of sp³-hybridized carbons (Fsp3) is 0.182. The summed E-state index contributed by atoms with van der Waals surface area (Å²) < 4.78 is 51.3. The molecule has 0 aliphatic heterocycles. The van der Waals surface area contributed by atoms with Gasteiger partial charge in [-0.2, -0.15) is 13.2 Å². The minimum absolute atomic E-state index is 0.0537. The Morgan fingerprint density at radius 2 is 1.11 bits per heavy atom. The largest absolute Gasteiger partial charge is 0.489 e. The van der Waals surface area contributed by atoms with Crippen LogP contribution in [-0.4, -0.2) is 0 Å². The molecule has 0 N–H and O–H groups in total. The van der Waals surface area contributed by atoms with Crippen LogP contribution in [0.5, 0.6) is 11.5 Å². The number of alkyl halides is 3. The van der Waals surface area contributed by atoms with Crippen molar-refractivity contribution in [3.63, 3.8) is 0 Å². The molecule has 0 saturated heterocycles. The van der Waals surface area contributed by atoms with Gasteiger partial charge in [-0.25, -0.2) is 0 Å². The fourth-order valence-corrected chi connectivity index (χ4v) is 2.66. The number of rotatable bonds is 6. The first-order chi connectivity index (χ1) is 12.9. The molecule has 0 aliphatic carbocycles. The van der Waals surface area contributed by atoms with E-state index in [9.17, 15) is 13.2 Å². The van der Waals surface area contributed by atoms with Gasteiger partial charge in [-0.15, -0.1) is 0 Å². The smallest absolute Gasteiger partial charge is 0.416 e. The molecule has 0 atom stereocenters. The van der Waals surface area contributed by atoms with E-state index in [1.807, 2.05) is 36.4 Å². The Hall–Kier alpha value is -2.95. The molecule has 0 radical (unpaired) electrons. The SMILES string of the molecule is Cc1c(COc2ccccc2)cc(C(F)(F)F)cc1COc1ccccc1. The van der Waals surface area contributed by atoms with Crippen LogP contribution in [0.2, 0.25) is 0 Å². The molecule has 3 aromatic carbocycles. The maximum Gasteiger partial charge on any atom is 0.416 e. The van der Waals surface area contributed by atoms with Gasteiger partial charge in [0.1, 0.15) is 24.7 Å². The van der Waals surface area contributed by atoms with E-state index in [0.29, 0.717) is 22.6 Å². The van der Waals surface area contributed by atoms with Gasteiger partial charge in [0, 0.05) is 0 Å². The van der Waals surface area contributed by atoms with E-state index in [4.69, 9.17) is 9.47 Å². The summed E-state index contributed by atoms with van der Waals surface area (Å²) in [5, 5.41) is 0. The molecule has 5 heteroatoms. The lowest BCUT2D eigenvalue weighted by Crippen LogP contribution is -2.11. The van der Waals surface area contributed by atoms with Gasteiger partial charge in [-0.1, -0.05) is 36.4 Å². The third-order valence-electron chi connectivity index (χ3n) is 4.23. The normalized spacial score (nSPS) is 11.3. The molecule has 0 heterocycles. The van der Waals surface area contributed by atoms with E-state index >= 15 is 0 Å². The number of hydrogen-bond donors (Lipinski definition) is 0. The maximum atomic E-state index is 13.3. The van der Waals surface area contributed by atoms with E-state index < -0.39 is 11.7 Å². The third-order valence-corrected chi connectivity index (χ3v) is 4.23. The fourth-order valence-electron chi connectivity index (χ4n) is 2.66. The standard InChI is InChI=1S/C22H19F3O2/c1-16-17(14-26-20-8-4-2-5-9-20)12-19(22(23,24)25)13-18(16)15-27-21-10-6-3-7-11-21/h2-13H,14-15H2,1H3. The molecule has 3 rings (SSSR count). The number of para-hydroxylation sites is 2. The van der Waals surface area contributed by atoms with Gasteiger partial charge in [-0.3, -0.25) is 0 Å². The molecular weight excluding hydrogens is 353 g/mol. The van der Waals surface area contributed by atoms with Crippen molar-refractivity contribution in [1.82, 2.24) is 0 Å². The molecule has 0 bridgehead atoms. The van der Waals surface area contributed by atoms with Gasteiger partial charge in [0.05, 0.1) is 5.56 Å². The van der Waals surface area contributed by atoms with Crippen molar-refractivity contribution in [2.24, 2.45) is 0 Å². The first-order valence-electron chi connectivity index (χ1n) is 8.49. The molecule has 0 aliphatic rings. The van der Waals surface area contributed by atoms with Crippen molar-refractivity contribution >= 4 is 0 Å². The van der Waals surface area contributed by atoms with E-state index in [1.165, 1.54) is 0 Å². The van der Waals surface area contributed by atoms with Crippen LogP contribution in [0.3, 0.4) is 0 Å². The van der Waals surface area contributed by atoms with Gasteiger partial charge >= 0.3 is 6.18 Å². The van der Waals surface area contributed by atoms with Gasteiger partial charge in [0.2, 0.25) is 0 Å². The highest BCUT2D eigenvalue weighted by molar-refractivity contribution is 5.40. The Bertz CT molecular complexity index is 811. The number of hydrogen-bond acceptors (Lipinski definition) is 2. The summed E-state index contributed by atoms with van der Waals surface area (Å²) in [5.41, 5.74) is 1.00. The van der Waals surface area contributed by atoms with Crippen molar-refractivity contribution < 1.29 is 22.6 Å². The monoisotopic (exact) mass is 372 g/mol. The van der Waals surface area contributed by atoms with Crippen LogP contribution in [0.15, 0.2) is 72.8 Å². The highest BCUT2D eigenvalue weighted by atomic mass is 19.4. The summed E-state index contributed by atoms with van der Waals surface area (Å²) in [7, 11) is 0. The van der Waals surface area contributed by atoms with E-state index in [-0.39, 0.29) is 13.2 Å². The maximum absolute atomic E-state index is 13.3. The second kappa shape index (κ2) is 8.16. The molecule has 3 aromatic rings. The lowest BCUT2D eigenvalue weighted by atomic mass is 9.99. The Morgan fingerprint density at radius 1 is 0.704 bits per heavy atom. The average molecular weight is 372 g/mol. The topological polar surface area (TPSA) is 18.5 Å². The predicted octanol–water partition coefficient (Wildman–Crippen LogP) is 6.17. The van der Waals surface area contributed by atoms with Crippen LogP contribution in [-0.2, 0) is 19.4 Å². The Morgan fingerprint density at radius 3 is 1.48 bits per heavy atom. The quantitative estimate of drug-likeness (QED) is 0.515. The van der Waals surface area contributed by atoms with Crippen molar-refractivity contribution in [2.45, 2.75) is 26.3 Å². The lowest BCUT2D eigenvalue weighted by Gasteiger charge is -2.17. The van der Waals surface area contributed by atoms with E-state index in [0.717, 1.165) is 17.7 Å². The van der Waals surface area contributed by atoms with Crippen molar-refractivity contribution in [3.8, 4) is 11.5 Å². The number of halogens is 3. The minimum atomic E-state index is -4.43. The van der Waals surface area contributed by atoms with Gasteiger partial charge < -0.3 is 9.47 Å². The first kappa shape index (κ1) is 18.8. The van der Waals surface area contributed by atoms with Gasteiger partial charge in [0.25, 0.3) is 0 Å². The van der Waals surface area contributed by atoms with Crippen LogP contribution in [0.25, 0.3) is 0 Å². The van der Waals surface area contributed by atoms with E-state index in [1.54, 1.807) is 31.2 Å². The van der Waals surface area contributed by atoms with Crippen molar-refractivity contribution in [2.75, 3.05) is 0 Å².